The summed E-state index contributed by atoms with van der Waals surface area (Å²) in [6.07, 6.45) is 2.87. The molecule has 2 aromatic heterocycles. The van der Waals surface area contributed by atoms with Crippen molar-refractivity contribution in [1.82, 2.24) is 25.6 Å². The van der Waals surface area contributed by atoms with E-state index in [-0.39, 0.29) is 12.1 Å². The zero-order valence-corrected chi connectivity index (χ0v) is 18.7. The van der Waals surface area contributed by atoms with Crippen LogP contribution in [0.5, 0.6) is 11.5 Å². The van der Waals surface area contributed by atoms with E-state index in [9.17, 15) is 4.79 Å². The lowest BCUT2D eigenvalue weighted by Gasteiger charge is -2.18. The van der Waals surface area contributed by atoms with Gasteiger partial charge in [0, 0.05) is 18.7 Å². The third-order valence-corrected chi connectivity index (χ3v) is 5.34. The van der Waals surface area contributed by atoms with E-state index < -0.39 is 0 Å². The van der Waals surface area contributed by atoms with Crippen molar-refractivity contribution >= 4 is 17.1 Å². The van der Waals surface area contributed by atoms with Gasteiger partial charge in [0.05, 0.1) is 37.5 Å². The summed E-state index contributed by atoms with van der Waals surface area (Å²) in [6.45, 7) is 0.459. The Kier molecular flexibility index (Phi) is 7.04. The monoisotopic (exact) mass is 445 g/mol. The molecule has 8 nitrogen and oxygen atoms in total. The van der Waals surface area contributed by atoms with Gasteiger partial charge in [-0.2, -0.15) is 0 Å². The van der Waals surface area contributed by atoms with Crippen LogP contribution in [0, 0.1) is 0 Å². The molecule has 0 spiro atoms. The van der Waals surface area contributed by atoms with E-state index in [0.717, 1.165) is 28.0 Å². The quantitative estimate of drug-likeness (QED) is 0.364. The van der Waals surface area contributed by atoms with Crippen molar-refractivity contribution in [2.24, 2.45) is 0 Å². The number of rotatable bonds is 9. The van der Waals surface area contributed by atoms with Crippen LogP contribution in [0.4, 0.5) is 4.79 Å². The molecule has 0 aliphatic carbocycles. The second-order valence-electron chi connectivity index (χ2n) is 7.58. The van der Waals surface area contributed by atoms with Gasteiger partial charge < -0.3 is 25.1 Å². The number of fused-ring (bicyclic) bond motifs is 1. The lowest BCUT2D eigenvalue weighted by atomic mass is 10.1. The number of methoxy groups -OCH3 is 2. The zero-order chi connectivity index (χ0) is 23.0. The van der Waals surface area contributed by atoms with Crippen molar-refractivity contribution in [1.29, 1.82) is 0 Å². The number of urea groups is 1. The number of carbonyl (C=O) groups excluding carboxylic acids is 1. The minimum absolute atomic E-state index is 0.262. The Morgan fingerprint density at radius 2 is 1.76 bits per heavy atom. The van der Waals surface area contributed by atoms with Gasteiger partial charge in [-0.25, -0.2) is 9.78 Å². The van der Waals surface area contributed by atoms with Gasteiger partial charge in [0.2, 0.25) is 0 Å². The Labute approximate surface area is 192 Å². The maximum absolute atomic E-state index is 12.7. The van der Waals surface area contributed by atoms with Crippen LogP contribution < -0.4 is 20.1 Å². The number of H-pyrrole nitrogens is 1. The highest BCUT2D eigenvalue weighted by Gasteiger charge is 2.19. The third kappa shape index (κ3) is 5.79. The number of ether oxygens (including phenoxy) is 2. The number of carbonyl (C=O) groups is 1. The van der Waals surface area contributed by atoms with E-state index in [1.165, 1.54) is 0 Å². The molecule has 0 aliphatic rings. The van der Waals surface area contributed by atoms with Crippen molar-refractivity contribution in [3.8, 4) is 11.5 Å². The molecule has 8 heteroatoms. The number of aromatic amines is 1. The van der Waals surface area contributed by atoms with Gasteiger partial charge in [-0.3, -0.25) is 4.98 Å². The summed E-state index contributed by atoms with van der Waals surface area (Å²) in [5.74, 6) is 2.20. The first-order valence-electron chi connectivity index (χ1n) is 10.8. The molecule has 170 valence electrons. The van der Waals surface area contributed by atoms with Crippen molar-refractivity contribution in [2.75, 3.05) is 20.8 Å². The highest BCUT2D eigenvalue weighted by atomic mass is 16.5. The first-order chi connectivity index (χ1) is 16.1. The van der Waals surface area contributed by atoms with Crippen LogP contribution in [-0.4, -0.2) is 41.7 Å². The number of hydrogen-bond donors (Lipinski definition) is 3. The van der Waals surface area contributed by atoms with Crippen LogP contribution in [0.1, 0.15) is 23.1 Å². The molecule has 0 saturated heterocycles. The lowest BCUT2D eigenvalue weighted by Crippen LogP contribution is -2.40. The normalized spacial score (nSPS) is 11.7. The standard InChI is InChI=1S/C25H27N5O3/c1-32-19-10-7-17(8-11-19)15-23(24-28-21-5-3-4-6-22(21)29-24)30-25(31)26-14-13-18-9-12-20(33-2)16-27-18/h3-12,16,23H,13-15H2,1-2H3,(H,28,29)(H2,26,30,31). The van der Waals surface area contributed by atoms with Crippen LogP contribution in [0.2, 0.25) is 0 Å². The molecule has 0 radical (unpaired) electrons. The fourth-order valence-electron chi connectivity index (χ4n) is 3.54. The van der Waals surface area contributed by atoms with E-state index in [1.54, 1.807) is 20.4 Å². The zero-order valence-electron chi connectivity index (χ0n) is 18.7. The highest BCUT2D eigenvalue weighted by Crippen LogP contribution is 2.21. The maximum Gasteiger partial charge on any atom is 0.315 e. The van der Waals surface area contributed by atoms with Crippen LogP contribution in [-0.2, 0) is 12.8 Å². The fourth-order valence-corrected chi connectivity index (χ4v) is 3.54. The van der Waals surface area contributed by atoms with Gasteiger partial charge >= 0.3 is 6.03 Å². The van der Waals surface area contributed by atoms with Gasteiger partial charge in [0.15, 0.2) is 0 Å². The second-order valence-corrected chi connectivity index (χ2v) is 7.58. The van der Waals surface area contributed by atoms with E-state index in [2.05, 4.69) is 20.6 Å². The average Bonchev–Trinajstić information content (AvgIpc) is 3.29. The molecule has 0 aliphatic heterocycles. The molecule has 4 rings (SSSR count). The minimum atomic E-state index is -0.329. The van der Waals surface area contributed by atoms with E-state index in [1.807, 2.05) is 60.7 Å². The predicted octanol–water partition coefficient (Wildman–Crippen LogP) is 3.80. The summed E-state index contributed by atoms with van der Waals surface area (Å²) in [7, 11) is 3.24. The Morgan fingerprint density at radius 3 is 2.45 bits per heavy atom. The molecule has 0 saturated carbocycles. The minimum Gasteiger partial charge on any atom is -0.497 e. The molecule has 1 unspecified atom stereocenters. The summed E-state index contributed by atoms with van der Waals surface area (Å²) in [5.41, 5.74) is 3.73. The highest BCUT2D eigenvalue weighted by molar-refractivity contribution is 5.76. The Hall–Kier alpha value is -4.07. The fraction of sp³-hybridized carbons (Fsp3) is 0.240. The second kappa shape index (κ2) is 10.5. The number of aromatic nitrogens is 3. The van der Waals surface area contributed by atoms with E-state index in [4.69, 9.17) is 14.5 Å². The van der Waals surface area contributed by atoms with Gasteiger partial charge in [-0.15, -0.1) is 0 Å². The predicted molar refractivity (Wildman–Crippen MR) is 127 cm³/mol. The molecule has 0 fully saturated rings. The largest absolute Gasteiger partial charge is 0.497 e. The average molecular weight is 446 g/mol. The number of nitrogens with one attached hydrogen (secondary N) is 3. The third-order valence-electron chi connectivity index (χ3n) is 5.34. The lowest BCUT2D eigenvalue weighted by molar-refractivity contribution is 0.236. The molecular weight excluding hydrogens is 418 g/mol. The van der Waals surface area contributed by atoms with Crippen LogP contribution >= 0.6 is 0 Å². The number of amides is 2. The summed E-state index contributed by atoms with van der Waals surface area (Å²) >= 11 is 0. The van der Waals surface area contributed by atoms with Crippen molar-refractivity contribution in [3.05, 3.63) is 83.9 Å². The molecule has 2 heterocycles. The smallest absolute Gasteiger partial charge is 0.315 e. The molecule has 4 aromatic rings. The Balaban J connectivity index is 1.43. The topological polar surface area (TPSA) is 101 Å². The van der Waals surface area contributed by atoms with Gasteiger partial charge in [0.25, 0.3) is 0 Å². The van der Waals surface area contributed by atoms with E-state index in [0.29, 0.717) is 31.0 Å². The SMILES string of the molecule is COc1ccc(CC(NC(=O)NCCc2ccc(OC)cn2)c2nc3ccccc3[nH]2)cc1. The Bertz CT molecular complexity index is 1160. The molecular formula is C25H27N5O3. The number of pyridine rings is 1. The van der Waals surface area contributed by atoms with Crippen LogP contribution in [0.3, 0.4) is 0 Å². The summed E-state index contributed by atoms with van der Waals surface area (Å²) < 4.78 is 10.4. The summed E-state index contributed by atoms with van der Waals surface area (Å²) in [6, 6.07) is 18.8. The first kappa shape index (κ1) is 22.1. The van der Waals surface area contributed by atoms with Gasteiger partial charge in [-0.1, -0.05) is 24.3 Å². The number of para-hydroxylation sites is 2. The van der Waals surface area contributed by atoms with Crippen LogP contribution in [0.15, 0.2) is 66.9 Å². The molecule has 3 N–H and O–H groups in total. The molecule has 2 aromatic carbocycles. The number of imidazole rings is 1. The number of benzene rings is 2. The van der Waals surface area contributed by atoms with Gasteiger partial charge in [0.1, 0.15) is 17.3 Å². The first-order valence-corrected chi connectivity index (χ1v) is 10.8. The molecule has 2 amide bonds. The number of hydrogen-bond acceptors (Lipinski definition) is 5. The number of nitrogens with zero attached hydrogens (tertiary/aromatic N) is 2. The maximum atomic E-state index is 12.7. The summed E-state index contributed by atoms with van der Waals surface area (Å²) in [4.78, 5) is 25.1. The summed E-state index contributed by atoms with van der Waals surface area (Å²) in [5, 5.41) is 5.98. The van der Waals surface area contributed by atoms with Crippen molar-refractivity contribution in [2.45, 2.75) is 18.9 Å². The van der Waals surface area contributed by atoms with Crippen LogP contribution in [0.25, 0.3) is 11.0 Å². The Morgan fingerprint density at radius 1 is 1.00 bits per heavy atom. The van der Waals surface area contributed by atoms with E-state index >= 15 is 0 Å². The van der Waals surface area contributed by atoms with Crippen molar-refractivity contribution < 1.29 is 14.3 Å². The molecule has 33 heavy (non-hydrogen) atoms. The van der Waals surface area contributed by atoms with Crippen molar-refractivity contribution in [3.63, 3.8) is 0 Å². The van der Waals surface area contributed by atoms with Gasteiger partial charge in [-0.05, 0) is 48.4 Å². The molecule has 0 bridgehead atoms. The molecule has 1 atom stereocenters.